The molecule has 1 aliphatic rings. The van der Waals surface area contributed by atoms with E-state index in [9.17, 15) is 4.79 Å². The molecule has 0 unspecified atom stereocenters. The number of thiophene rings is 1. The van der Waals surface area contributed by atoms with Crippen molar-refractivity contribution < 1.29 is 14.3 Å². The zero-order valence-corrected chi connectivity index (χ0v) is 20.6. The lowest BCUT2D eigenvalue weighted by atomic mass is 10.1. The Morgan fingerprint density at radius 2 is 2.03 bits per heavy atom. The molecule has 0 bridgehead atoms. The minimum atomic E-state index is -0.0861. The quantitative estimate of drug-likeness (QED) is 0.538. The predicted molar refractivity (Wildman–Crippen MR) is 131 cm³/mol. The Labute approximate surface area is 199 Å². The van der Waals surface area contributed by atoms with E-state index >= 15 is 0 Å². The van der Waals surface area contributed by atoms with Crippen LogP contribution in [0.3, 0.4) is 0 Å². The number of amides is 1. The van der Waals surface area contributed by atoms with Crippen molar-refractivity contribution in [2.45, 2.75) is 46.2 Å². The summed E-state index contributed by atoms with van der Waals surface area (Å²) in [4.78, 5) is 25.7. The fourth-order valence-electron chi connectivity index (χ4n) is 4.31. The van der Waals surface area contributed by atoms with E-state index in [-0.39, 0.29) is 5.91 Å². The Kier molecular flexibility index (Phi) is 7.57. The second-order valence-corrected chi connectivity index (χ2v) is 9.59. The third kappa shape index (κ3) is 5.69. The maximum absolute atomic E-state index is 12.9. The number of carbonyl (C=O) groups is 1. The highest BCUT2D eigenvalue weighted by Crippen LogP contribution is 2.31. The molecule has 8 heteroatoms. The molecule has 3 aromatic rings. The van der Waals surface area contributed by atoms with E-state index in [4.69, 9.17) is 9.47 Å². The number of likely N-dealkylation sites (N-methyl/N-ethyl adjacent to an activating group) is 1. The van der Waals surface area contributed by atoms with Crippen LogP contribution in [0.1, 0.15) is 45.2 Å². The van der Waals surface area contributed by atoms with Crippen LogP contribution in [0.5, 0.6) is 5.75 Å². The number of ether oxygens (including phenoxy) is 2. The summed E-state index contributed by atoms with van der Waals surface area (Å²) >= 11 is 1.42. The van der Waals surface area contributed by atoms with Crippen LogP contribution in [0.25, 0.3) is 10.2 Å². The van der Waals surface area contributed by atoms with Crippen LogP contribution >= 0.6 is 11.3 Å². The number of rotatable bonds is 8. The molecule has 0 spiro atoms. The first-order valence-corrected chi connectivity index (χ1v) is 12.3. The zero-order chi connectivity index (χ0) is 23.4. The van der Waals surface area contributed by atoms with Gasteiger partial charge >= 0.3 is 0 Å². The maximum atomic E-state index is 12.9. The first-order valence-electron chi connectivity index (χ1n) is 11.4. The van der Waals surface area contributed by atoms with E-state index in [1.165, 1.54) is 11.3 Å². The number of benzene rings is 1. The van der Waals surface area contributed by atoms with Crippen LogP contribution < -0.4 is 10.1 Å². The fraction of sp³-hybridized carbons (Fsp3) is 0.480. The molecule has 0 saturated carbocycles. The van der Waals surface area contributed by atoms with Gasteiger partial charge in [0.1, 0.15) is 23.0 Å². The zero-order valence-electron chi connectivity index (χ0n) is 19.8. The summed E-state index contributed by atoms with van der Waals surface area (Å²) in [5.74, 6) is 1.46. The summed E-state index contributed by atoms with van der Waals surface area (Å²) in [7, 11) is 2.15. The van der Waals surface area contributed by atoms with Gasteiger partial charge in [-0.2, -0.15) is 0 Å². The Bertz CT molecular complexity index is 1120. The van der Waals surface area contributed by atoms with E-state index in [0.29, 0.717) is 24.1 Å². The molecule has 2 aromatic heterocycles. The smallest absolute Gasteiger partial charge is 0.261 e. The van der Waals surface area contributed by atoms with Gasteiger partial charge in [0.15, 0.2) is 0 Å². The summed E-state index contributed by atoms with van der Waals surface area (Å²) in [6.45, 7) is 9.43. The number of hydrogen-bond acceptors (Lipinski definition) is 7. The first-order chi connectivity index (χ1) is 15.9. The molecule has 1 aromatic carbocycles. The Hall–Kier alpha value is -2.55. The van der Waals surface area contributed by atoms with Crippen molar-refractivity contribution in [3.63, 3.8) is 0 Å². The van der Waals surface area contributed by atoms with Gasteiger partial charge in [0.25, 0.3) is 5.91 Å². The average Bonchev–Trinajstić information content (AvgIpc) is 3.14. The van der Waals surface area contributed by atoms with Gasteiger partial charge in [-0.1, -0.05) is 12.1 Å². The number of carbonyl (C=O) groups excluding carboxylic acids is 1. The molecule has 176 valence electrons. The first kappa shape index (κ1) is 23.6. The Morgan fingerprint density at radius 3 is 2.82 bits per heavy atom. The highest BCUT2D eigenvalue weighted by Gasteiger charge is 2.19. The SMILES string of the molecule is Cc1nc(C)c2c(C)c(C(=O)NCc3cccc(OCCN(C)C4CCOCC4)c3)sc2n1. The minimum absolute atomic E-state index is 0.0861. The van der Waals surface area contributed by atoms with Crippen molar-refractivity contribution in [3.05, 3.63) is 51.8 Å². The van der Waals surface area contributed by atoms with Gasteiger partial charge in [-0.25, -0.2) is 9.97 Å². The van der Waals surface area contributed by atoms with E-state index < -0.39 is 0 Å². The number of nitrogens with one attached hydrogen (secondary N) is 1. The highest BCUT2D eigenvalue weighted by molar-refractivity contribution is 7.20. The normalized spacial score (nSPS) is 14.7. The van der Waals surface area contributed by atoms with Crippen LogP contribution in [-0.2, 0) is 11.3 Å². The summed E-state index contributed by atoms with van der Waals surface area (Å²) < 4.78 is 11.4. The lowest BCUT2D eigenvalue weighted by Crippen LogP contribution is -2.38. The monoisotopic (exact) mass is 468 g/mol. The molecule has 3 heterocycles. The molecule has 1 N–H and O–H groups in total. The molecule has 1 aliphatic heterocycles. The third-order valence-electron chi connectivity index (χ3n) is 6.17. The van der Waals surface area contributed by atoms with Crippen LogP contribution in [0, 0.1) is 20.8 Å². The summed E-state index contributed by atoms with van der Waals surface area (Å²) in [5.41, 5.74) is 2.86. The lowest BCUT2D eigenvalue weighted by Gasteiger charge is -2.31. The number of fused-ring (bicyclic) bond motifs is 1. The third-order valence-corrected chi connectivity index (χ3v) is 7.35. The maximum Gasteiger partial charge on any atom is 0.261 e. The number of nitrogens with zero attached hydrogens (tertiary/aromatic N) is 3. The molecule has 0 aliphatic carbocycles. The number of aromatic nitrogens is 2. The van der Waals surface area contributed by atoms with Crippen molar-refractivity contribution in [1.29, 1.82) is 0 Å². The van der Waals surface area contributed by atoms with E-state index in [1.54, 1.807) is 0 Å². The van der Waals surface area contributed by atoms with Crippen molar-refractivity contribution >= 4 is 27.5 Å². The number of aryl methyl sites for hydroxylation is 3. The average molecular weight is 469 g/mol. The van der Waals surface area contributed by atoms with E-state index in [1.807, 2.05) is 45.0 Å². The molecule has 0 radical (unpaired) electrons. The predicted octanol–water partition coefficient (Wildman–Crippen LogP) is 4.04. The number of hydrogen-bond donors (Lipinski definition) is 1. The van der Waals surface area contributed by atoms with Crippen molar-refractivity contribution in [3.8, 4) is 5.75 Å². The minimum Gasteiger partial charge on any atom is -0.492 e. The van der Waals surface area contributed by atoms with Gasteiger partial charge in [0.05, 0.1) is 4.88 Å². The molecular formula is C25H32N4O3S. The molecule has 1 fully saturated rings. The second-order valence-electron chi connectivity index (χ2n) is 8.60. The second kappa shape index (κ2) is 10.6. The Morgan fingerprint density at radius 1 is 1.24 bits per heavy atom. The molecule has 1 saturated heterocycles. The van der Waals surface area contributed by atoms with Crippen LogP contribution in [0.15, 0.2) is 24.3 Å². The Balaban J connectivity index is 1.32. The van der Waals surface area contributed by atoms with Gasteiger partial charge < -0.3 is 14.8 Å². The summed E-state index contributed by atoms with van der Waals surface area (Å²) in [6.07, 6.45) is 2.16. The molecule has 0 atom stereocenters. The van der Waals surface area contributed by atoms with Gasteiger partial charge in [-0.15, -0.1) is 11.3 Å². The lowest BCUT2D eigenvalue weighted by molar-refractivity contribution is 0.0392. The molecule has 4 rings (SSSR count). The van der Waals surface area contributed by atoms with Crippen molar-refractivity contribution in [2.24, 2.45) is 0 Å². The molecule has 7 nitrogen and oxygen atoms in total. The topological polar surface area (TPSA) is 76.6 Å². The summed E-state index contributed by atoms with van der Waals surface area (Å²) in [6, 6.07) is 8.48. The fourth-order valence-corrected chi connectivity index (χ4v) is 5.51. The van der Waals surface area contributed by atoms with Crippen molar-refractivity contribution in [2.75, 3.05) is 33.4 Å². The van der Waals surface area contributed by atoms with Crippen LogP contribution in [-0.4, -0.2) is 60.2 Å². The largest absolute Gasteiger partial charge is 0.492 e. The summed E-state index contributed by atoms with van der Waals surface area (Å²) in [5, 5.41) is 4.03. The van der Waals surface area contributed by atoms with Gasteiger partial charge in [-0.05, 0) is 63.9 Å². The molecule has 33 heavy (non-hydrogen) atoms. The standard InChI is InChI=1S/C25H32N4O3S/c1-16-22-17(2)27-18(3)28-25(22)33-23(16)24(30)26-15-19-6-5-7-21(14-19)32-13-10-29(4)20-8-11-31-12-9-20/h5-7,14,20H,8-13,15H2,1-4H3,(H,26,30). The molecular weight excluding hydrogens is 436 g/mol. The van der Waals surface area contributed by atoms with Crippen LogP contribution in [0.4, 0.5) is 0 Å². The van der Waals surface area contributed by atoms with Gasteiger partial charge in [0.2, 0.25) is 0 Å². The van der Waals surface area contributed by atoms with Crippen molar-refractivity contribution in [1.82, 2.24) is 20.2 Å². The highest BCUT2D eigenvalue weighted by atomic mass is 32.1. The molecule has 1 amide bonds. The van der Waals surface area contributed by atoms with E-state index in [0.717, 1.165) is 71.2 Å². The van der Waals surface area contributed by atoms with Gasteiger partial charge in [0, 0.05) is 43.4 Å². The van der Waals surface area contributed by atoms with E-state index in [2.05, 4.69) is 27.2 Å². The van der Waals surface area contributed by atoms with Gasteiger partial charge in [-0.3, -0.25) is 9.69 Å². The van der Waals surface area contributed by atoms with Crippen LogP contribution in [0.2, 0.25) is 0 Å².